The Morgan fingerprint density at radius 2 is 1.88 bits per heavy atom. The molecular weight excluding hydrogens is 304 g/mol. The Hall–Kier alpha value is -3.00. The van der Waals surface area contributed by atoms with Gasteiger partial charge in [-0.25, -0.2) is 4.79 Å². The Bertz CT molecular complexity index is 743. The van der Waals surface area contributed by atoms with E-state index in [2.05, 4.69) is 11.4 Å². The van der Waals surface area contributed by atoms with Gasteiger partial charge in [0, 0.05) is 5.69 Å². The maximum Gasteiger partial charge on any atom is 0.411 e. The molecule has 0 unspecified atom stereocenters. The van der Waals surface area contributed by atoms with Crippen LogP contribution in [0.5, 0.6) is 5.75 Å². The molecule has 0 aliphatic carbocycles. The SMILES string of the molecule is CC(C)(C)Oc1ccc(NC(=O)OCc2ccccc2)cc1C#N. The van der Waals surface area contributed by atoms with Crippen molar-refractivity contribution in [3.05, 3.63) is 59.7 Å². The highest BCUT2D eigenvalue weighted by Gasteiger charge is 2.15. The summed E-state index contributed by atoms with van der Waals surface area (Å²) in [4.78, 5) is 11.9. The van der Waals surface area contributed by atoms with Crippen molar-refractivity contribution in [2.45, 2.75) is 33.0 Å². The summed E-state index contributed by atoms with van der Waals surface area (Å²) in [5.74, 6) is 0.480. The Kier molecular flexibility index (Phi) is 5.43. The summed E-state index contributed by atoms with van der Waals surface area (Å²) in [6.07, 6.45) is -0.577. The highest BCUT2D eigenvalue weighted by Crippen LogP contribution is 2.25. The number of benzene rings is 2. The van der Waals surface area contributed by atoms with Gasteiger partial charge in [0.1, 0.15) is 24.0 Å². The van der Waals surface area contributed by atoms with E-state index in [1.807, 2.05) is 51.1 Å². The summed E-state index contributed by atoms with van der Waals surface area (Å²) >= 11 is 0. The van der Waals surface area contributed by atoms with E-state index in [0.29, 0.717) is 17.0 Å². The van der Waals surface area contributed by atoms with Crippen LogP contribution >= 0.6 is 0 Å². The lowest BCUT2D eigenvalue weighted by atomic mass is 10.1. The minimum atomic E-state index is -0.577. The molecule has 0 spiro atoms. The number of rotatable bonds is 4. The monoisotopic (exact) mass is 324 g/mol. The first-order valence-electron chi connectivity index (χ1n) is 7.58. The van der Waals surface area contributed by atoms with Crippen LogP contribution in [0.2, 0.25) is 0 Å². The van der Waals surface area contributed by atoms with Crippen molar-refractivity contribution < 1.29 is 14.3 Å². The average molecular weight is 324 g/mol. The average Bonchev–Trinajstić information content (AvgIpc) is 2.54. The van der Waals surface area contributed by atoms with E-state index in [0.717, 1.165) is 5.56 Å². The molecule has 24 heavy (non-hydrogen) atoms. The van der Waals surface area contributed by atoms with Crippen molar-refractivity contribution in [2.75, 3.05) is 5.32 Å². The number of nitrogens with one attached hydrogen (secondary N) is 1. The molecule has 0 saturated heterocycles. The van der Waals surface area contributed by atoms with Crippen molar-refractivity contribution >= 4 is 11.8 Å². The van der Waals surface area contributed by atoms with Crippen LogP contribution in [0.25, 0.3) is 0 Å². The summed E-state index contributed by atoms with van der Waals surface area (Å²) < 4.78 is 10.9. The zero-order valence-corrected chi connectivity index (χ0v) is 14.0. The molecule has 0 heterocycles. The summed E-state index contributed by atoms with van der Waals surface area (Å²) in [5.41, 5.74) is 1.32. The molecule has 0 bridgehead atoms. The van der Waals surface area contributed by atoms with E-state index in [-0.39, 0.29) is 6.61 Å². The second-order valence-corrected chi connectivity index (χ2v) is 6.22. The zero-order chi connectivity index (χ0) is 17.6. The van der Waals surface area contributed by atoms with Crippen LogP contribution in [-0.2, 0) is 11.3 Å². The molecule has 2 rings (SSSR count). The van der Waals surface area contributed by atoms with Crippen LogP contribution in [-0.4, -0.2) is 11.7 Å². The molecule has 2 aromatic rings. The van der Waals surface area contributed by atoms with E-state index in [1.165, 1.54) is 0 Å². The minimum absolute atomic E-state index is 0.184. The molecule has 0 fully saturated rings. The highest BCUT2D eigenvalue weighted by atomic mass is 16.5. The molecule has 0 atom stereocenters. The fraction of sp³-hybridized carbons (Fsp3) is 0.263. The van der Waals surface area contributed by atoms with Gasteiger partial charge in [0.25, 0.3) is 0 Å². The number of ether oxygens (including phenoxy) is 2. The van der Waals surface area contributed by atoms with Crippen molar-refractivity contribution in [1.82, 2.24) is 0 Å². The second-order valence-electron chi connectivity index (χ2n) is 6.22. The van der Waals surface area contributed by atoms with Crippen LogP contribution in [0.3, 0.4) is 0 Å². The summed E-state index contributed by atoms with van der Waals surface area (Å²) in [6, 6.07) is 16.4. The molecule has 5 nitrogen and oxygen atoms in total. The molecule has 0 saturated carbocycles. The maximum absolute atomic E-state index is 11.9. The minimum Gasteiger partial charge on any atom is -0.487 e. The standard InChI is InChI=1S/C19H20N2O3/c1-19(2,3)24-17-10-9-16(11-15(17)12-20)21-18(22)23-13-14-7-5-4-6-8-14/h4-11H,13H2,1-3H3,(H,21,22). The van der Waals surface area contributed by atoms with Crippen LogP contribution < -0.4 is 10.1 Å². The third-order valence-corrected chi connectivity index (χ3v) is 2.98. The Morgan fingerprint density at radius 1 is 1.17 bits per heavy atom. The lowest BCUT2D eigenvalue weighted by molar-refractivity contribution is 0.130. The van der Waals surface area contributed by atoms with E-state index >= 15 is 0 Å². The number of anilines is 1. The van der Waals surface area contributed by atoms with Crippen LogP contribution in [0, 0.1) is 11.3 Å². The first-order chi connectivity index (χ1) is 11.4. The van der Waals surface area contributed by atoms with Gasteiger partial charge in [-0.2, -0.15) is 5.26 Å². The molecule has 0 radical (unpaired) electrons. The number of hydrogen-bond acceptors (Lipinski definition) is 4. The van der Waals surface area contributed by atoms with Gasteiger partial charge >= 0.3 is 6.09 Å². The van der Waals surface area contributed by atoms with Gasteiger partial charge in [-0.05, 0) is 44.5 Å². The largest absolute Gasteiger partial charge is 0.487 e. The molecular formula is C19H20N2O3. The number of nitriles is 1. The lowest BCUT2D eigenvalue weighted by Gasteiger charge is -2.22. The number of nitrogens with zero attached hydrogens (tertiary/aromatic N) is 1. The van der Waals surface area contributed by atoms with Gasteiger partial charge in [-0.15, -0.1) is 0 Å². The molecule has 1 amide bonds. The fourth-order valence-corrected chi connectivity index (χ4v) is 1.99. The van der Waals surface area contributed by atoms with Crippen molar-refractivity contribution in [3.63, 3.8) is 0 Å². The first-order valence-corrected chi connectivity index (χ1v) is 7.58. The van der Waals surface area contributed by atoms with E-state index in [1.54, 1.807) is 18.2 Å². The van der Waals surface area contributed by atoms with Gasteiger partial charge < -0.3 is 9.47 Å². The maximum atomic E-state index is 11.9. The topological polar surface area (TPSA) is 71.3 Å². The third-order valence-electron chi connectivity index (χ3n) is 2.98. The lowest BCUT2D eigenvalue weighted by Crippen LogP contribution is -2.23. The smallest absolute Gasteiger partial charge is 0.411 e. The first kappa shape index (κ1) is 17.4. The van der Waals surface area contributed by atoms with Crippen LogP contribution in [0.15, 0.2) is 48.5 Å². The molecule has 0 aliphatic heterocycles. The fourth-order valence-electron chi connectivity index (χ4n) is 1.99. The molecule has 1 N–H and O–H groups in total. The molecule has 0 aliphatic rings. The molecule has 0 aromatic heterocycles. The van der Waals surface area contributed by atoms with Gasteiger partial charge in [-0.3, -0.25) is 5.32 Å². The van der Waals surface area contributed by atoms with Gasteiger partial charge in [-0.1, -0.05) is 30.3 Å². The summed E-state index contributed by atoms with van der Waals surface area (Å²) in [5, 5.41) is 11.9. The number of carbonyl (C=O) groups excluding carboxylic acids is 1. The second kappa shape index (κ2) is 7.51. The van der Waals surface area contributed by atoms with E-state index in [9.17, 15) is 10.1 Å². The van der Waals surface area contributed by atoms with E-state index in [4.69, 9.17) is 9.47 Å². The van der Waals surface area contributed by atoms with Crippen LogP contribution in [0.4, 0.5) is 10.5 Å². The predicted molar refractivity (Wildman–Crippen MR) is 91.8 cm³/mol. The third kappa shape index (κ3) is 5.33. The van der Waals surface area contributed by atoms with Gasteiger partial charge in [0.15, 0.2) is 0 Å². The van der Waals surface area contributed by atoms with Gasteiger partial charge in [0.05, 0.1) is 5.56 Å². The molecule has 124 valence electrons. The predicted octanol–water partition coefficient (Wildman–Crippen LogP) is 4.48. The zero-order valence-electron chi connectivity index (χ0n) is 14.0. The van der Waals surface area contributed by atoms with E-state index < -0.39 is 11.7 Å². The van der Waals surface area contributed by atoms with Crippen molar-refractivity contribution in [1.29, 1.82) is 5.26 Å². The Labute approximate surface area is 141 Å². The number of amides is 1. The van der Waals surface area contributed by atoms with Crippen molar-refractivity contribution in [2.24, 2.45) is 0 Å². The highest BCUT2D eigenvalue weighted by molar-refractivity contribution is 5.85. The Morgan fingerprint density at radius 3 is 2.50 bits per heavy atom. The Balaban J connectivity index is 1.99. The summed E-state index contributed by atoms with van der Waals surface area (Å²) in [7, 11) is 0. The molecule has 2 aromatic carbocycles. The molecule has 5 heteroatoms. The summed E-state index contributed by atoms with van der Waals surface area (Å²) in [6.45, 7) is 5.90. The van der Waals surface area contributed by atoms with Gasteiger partial charge in [0.2, 0.25) is 0 Å². The van der Waals surface area contributed by atoms with Crippen LogP contribution in [0.1, 0.15) is 31.9 Å². The quantitative estimate of drug-likeness (QED) is 0.900. The van der Waals surface area contributed by atoms with Crippen molar-refractivity contribution in [3.8, 4) is 11.8 Å². The number of hydrogen-bond donors (Lipinski definition) is 1. The normalized spacial score (nSPS) is 10.6. The number of carbonyl (C=O) groups is 1.